The Morgan fingerprint density at radius 3 is 2.47 bits per heavy atom. The highest BCUT2D eigenvalue weighted by Crippen LogP contribution is 2.29. The molecule has 2 atom stereocenters. The number of hydrogen-bond donors (Lipinski definition) is 1. The lowest BCUT2D eigenvalue weighted by molar-refractivity contribution is -0.144. The van der Waals surface area contributed by atoms with Gasteiger partial charge in [0.15, 0.2) is 0 Å². The third-order valence-electron chi connectivity index (χ3n) is 7.11. The van der Waals surface area contributed by atoms with Gasteiger partial charge in [-0.05, 0) is 48.4 Å². The molecular weight excluding hydrogens is 534 g/mol. The summed E-state index contributed by atoms with van der Waals surface area (Å²) < 4.78 is 28.2. The quantitative estimate of drug-likeness (QED) is 0.524. The summed E-state index contributed by atoms with van der Waals surface area (Å²) in [5.41, 5.74) is 5.39. The van der Waals surface area contributed by atoms with Gasteiger partial charge in [-0.2, -0.15) is 4.31 Å². The molecule has 38 heavy (non-hydrogen) atoms. The van der Waals surface area contributed by atoms with E-state index in [4.69, 9.17) is 17.3 Å². The predicted octanol–water partition coefficient (Wildman–Crippen LogP) is 0.649. The Labute approximate surface area is 226 Å². The number of rotatable bonds is 7. The number of hydrogen-bond acceptors (Lipinski definition) is 6. The van der Waals surface area contributed by atoms with Gasteiger partial charge >= 0.3 is 0 Å². The zero-order valence-electron chi connectivity index (χ0n) is 21.2. The zero-order valence-corrected chi connectivity index (χ0v) is 22.7. The molecule has 11 nitrogen and oxygen atoms in total. The van der Waals surface area contributed by atoms with Crippen molar-refractivity contribution in [2.24, 2.45) is 5.73 Å². The predicted molar refractivity (Wildman–Crippen MR) is 140 cm³/mol. The minimum atomic E-state index is -4.31. The van der Waals surface area contributed by atoms with Gasteiger partial charge in [-0.15, -0.1) is 0 Å². The van der Waals surface area contributed by atoms with E-state index in [9.17, 15) is 27.6 Å². The first-order valence-corrected chi connectivity index (χ1v) is 14.0. The first-order chi connectivity index (χ1) is 17.9. The fraction of sp³-hybridized carbons (Fsp3) is 0.440. The van der Waals surface area contributed by atoms with Crippen LogP contribution in [0.15, 0.2) is 41.3 Å². The number of fused-ring (bicyclic) bond motifs is 1. The van der Waals surface area contributed by atoms with Crippen molar-refractivity contribution in [1.29, 1.82) is 0 Å². The minimum absolute atomic E-state index is 0.0608. The van der Waals surface area contributed by atoms with E-state index < -0.39 is 40.5 Å². The third kappa shape index (κ3) is 5.47. The van der Waals surface area contributed by atoms with Crippen LogP contribution in [0.1, 0.15) is 19.8 Å². The van der Waals surface area contributed by atoms with Crippen molar-refractivity contribution >= 4 is 56.0 Å². The van der Waals surface area contributed by atoms with Crippen LogP contribution in [0.4, 0.5) is 0 Å². The molecule has 2 aromatic carbocycles. The Balaban J connectivity index is 1.57. The second-order valence-electron chi connectivity index (χ2n) is 9.57. The average Bonchev–Trinajstić information content (AvgIpc) is 3.17. The van der Waals surface area contributed by atoms with Crippen LogP contribution in [0.25, 0.3) is 10.8 Å². The Hall–Kier alpha value is -3.22. The molecule has 0 bridgehead atoms. The Morgan fingerprint density at radius 2 is 1.76 bits per heavy atom. The number of carbonyl (C=O) groups excluding carboxylic acids is 4. The van der Waals surface area contributed by atoms with Crippen molar-refractivity contribution in [3.8, 4) is 0 Å². The van der Waals surface area contributed by atoms with Crippen molar-refractivity contribution in [3.05, 3.63) is 41.4 Å². The highest BCUT2D eigenvalue weighted by molar-refractivity contribution is 7.89. The fourth-order valence-electron chi connectivity index (χ4n) is 4.89. The van der Waals surface area contributed by atoms with E-state index in [1.807, 2.05) is 0 Å². The molecule has 2 saturated heterocycles. The summed E-state index contributed by atoms with van der Waals surface area (Å²) in [6, 6.07) is 7.40. The second kappa shape index (κ2) is 10.9. The van der Waals surface area contributed by atoms with Crippen molar-refractivity contribution in [3.63, 3.8) is 0 Å². The summed E-state index contributed by atoms with van der Waals surface area (Å²) in [6.45, 7) is 1.99. The van der Waals surface area contributed by atoms with Crippen LogP contribution in [0.5, 0.6) is 0 Å². The summed E-state index contributed by atoms with van der Waals surface area (Å²) in [4.78, 5) is 54.9. The first kappa shape index (κ1) is 27.8. The summed E-state index contributed by atoms with van der Waals surface area (Å²) in [5.74, 6) is -1.87. The number of nitrogens with zero attached hydrogens (tertiary/aromatic N) is 4. The lowest BCUT2D eigenvalue weighted by Crippen LogP contribution is -2.52. The molecule has 0 saturated carbocycles. The average molecular weight is 564 g/mol. The third-order valence-corrected chi connectivity index (χ3v) is 9.20. The number of primary amides is 1. The highest BCUT2D eigenvalue weighted by Gasteiger charge is 2.45. The van der Waals surface area contributed by atoms with E-state index in [0.717, 1.165) is 9.69 Å². The first-order valence-electron chi connectivity index (χ1n) is 12.2. The zero-order chi connectivity index (χ0) is 27.8. The molecule has 2 aliphatic rings. The standard InChI is InChI=1S/C25H30ClN5O6S/c1-16(24(34)29-9-8-23(33)28(2)11-12-29)30-10-7-21(25(30)35)31(15-22(27)32)38(36,37)20-6-4-17-13-19(26)5-3-18(17)14-20/h3-6,13-14,16,21H,7-12,15H2,1-2H3,(H2,27,32)/t16?,21-/m0/s1. The maximum absolute atomic E-state index is 13.7. The van der Waals surface area contributed by atoms with Crippen molar-refractivity contribution < 1.29 is 27.6 Å². The van der Waals surface area contributed by atoms with Crippen LogP contribution in [-0.2, 0) is 29.2 Å². The van der Waals surface area contributed by atoms with Gasteiger partial charge in [0.05, 0.1) is 11.4 Å². The normalized spacial score (nSPS) is 19.8. The van der Waals surface area contributed by atoms with Gasteiger partial charge in [-0.3, -0.25) is 19.2 Å². The maximum atomic E-state index is 13.7. The fourth-order valence-corrected chi connectivity index (χ4v) is 6.69. The SMILES string of the molecule is CC(C(=O)N1CCC(=O)N(C)CC1)N1CC[C@H](N(CC(N)=O)S(=O)(=O)c2ccc3cc(Cl)ccc3c2)C1=O. The Bertz CT molecular complexity index is 1400. The van der Waals surface area contributed by atoms with E-state index in [1.165, 1.54) is 17.0 Å². The molecule has 4 amide bonds. The molecule has 2 N–H and O–H groups in total. The molecule has 0 aliphatic carbocycles. The number of nitrogens with two attached hydrogens (primary N) is 1. The van der Waals surface area contributed by atoms with Gasteiger partial charge < -0.3 is 20.4 Å². The van der Waals surface area contributed by atoms with Crippen LogP contribution in [0.3, 0.4) is 0 Å². The monoisotopic (exact) mass is 563 g/mol. The molecule has 0 spiro atoms. The number of likely N-dealkylation sites (tertiary alicyclic amines) is 1. The number of amides is 4. The number of likely N-dealkylation sites (N-methyl/N-ethyl adjacent to an activating group) is 1. The number of halogens is 1. The molecule has 4 rings (SSSR count). The largest absolute Gasteiger partial charge is 0.369 e. The summed E-state index contributed by atoms with van der Waals surface area (Å²) in [6.07, 6.45) is 0.279. The van der Waals surface area contributed by atoms with Crippen molar-refractivity contribution in [2.75, 3.05) is 39.8 Å². The molecular formula is C25H30ClN5O6S. The summed E-state index contributed by atoms with van der Waals surface area (Å²) in [5, 5.41) is 1.85. The summed E-state index contributed by atoms with van der Waals surface area (Å²) >= 11 is 6.03. The molecule has 1 unspecified atom stereocenters. The van der Waals surface area contributed by atoms with Crippen LogP contribution in [0.2, 0.25) is 5.02 Å². The minimum Gasteiger partial charge on any atom is -0.369 e. The van der Waals surface area contributed by atoms with Crippen LogP contribution < -0.4 is 5.73 Å². The van der Waals surface area contributed by atoms with Gasteiger partial charge in [-0.1, -0.05) is 23.7 Å². The molecule has 2 aliphatic heterocycles. The topological polar surface area (TPSA) is 141 Å². The Morgan fingerprint density at radius 1 is 1.08 bits per heavy atom. The van der Waals surface area contributed by atoms with Gasteiger partial charge in [0.25, 0.3) is 0 Å². The second-order valence-corrected chi connectivity index (χ2v) is 11.9. The lowest BCUT2D eigenvalue weighted by Gasteiger charge is -2.31. The number of sulfonamides is 1. The van der Waals surface area contributed by atoms with Crippen molar-refractivity contribution in [2.45, 2.75) is 36.7 Å². The highest BCUT2D eigenvalue weighted by atomic mass is 35.5. The molecule has 0 radical (unpaired) electrons. The van der Waals surface area contributed by atoms with E-state index in [1.54, 1.807) is 48.0 Å². The molecule has 2 fully saturated rings. The molecule has 13 heteroatoms. The van der Waals surface area contributed by atoms with E-state index in [2.05, 4.69) is 0 Å². The van der Waals surface area contributed by atoms with E-state index >= 15 is 0 Å². The lowest BCUT2D eigenvalue weighted by atomic mass is 10.1. The van der Waals surface area contributed by atoms with E-state index in [-0.39, 0.29) is 42.6 Å². The molecule has 204 valence electrons. The van der Waals surface area contributed by atoms with Crippen LogP contribution in [-0.4, -0.2) is 103 Å². The van der Waals surface area contributed by atoms with Gasteiger partial charge in [-0.25, -0.2) is 8.42 Å². The molecule has 2 heterocycles. The number of carbonyl (C=O) groups is 4. The van der Waals surface area contributed by atoms with Gasteiger partial charge in [0.1, 0.15) is 12.1 Å². The summed E-state index contributed by atoms with van der Waals surface area (Å²) in [7, 11) is -2.63. The van der Waals surface area contributed by atoms with E-state index in [0.29, 0.717) is 23.5 Å². The molecule has 0 aromatic heterocycles. The Kier molecular flexibility index (Phi) is 7.96. The molecule has 2 aromatic rings. The van der Waals surface area contributed by atoms with Gasteiger partial charge in [0.2, 0.25) is 33.7 Å². The van der Waals surface area contributed by atoms with Crippen LogP contribution >= 0.6 is 11.6 Å². The van der Waals surface area contributed by atoms with Crippen LogP contribution in [0, 0.1) is 0 Å². The smallest absolute Gasteiger partial charge is 0.245 e. The maximum Gasteiger partial charge on any atom is 0.245 e. The van der Waals surface area contributed by atoms with Crippen molar-refractivity contribution in [1.82, 2.24) is 19.0 Å². The van der Waals surface area contributed by atoms with Gasteiger partial charge in [0, 0.05) is 44.7 Å². The number of benzene rings is 2.